The topological polar surface area (TPSA) is 100 Å². The zero-order valence-electron chi connectivity index (χ0n) is 18.0. The Kier molecular flexibility index (Phi) is 6.01. The van der Waals surface area contributed by atoms with Crippen LogP contribution in [0.4, 0.5) is 5.69 Å². The number of benzene rings is 2. The number of nitrogens with one attached hydrogen (secondary N) is 3. The maximum atomic E-state index is 12.7. The third kappa shape index (κ3) is 3.93. The standard InChI is InChI=1S/C22H28N6O2S/c1-15-18-6-4-5-7-19(18)22-13-17(26-31(29,30)28(24-2)25-3)10-11-27(22)21-9-8-16(14-23)12-20(15)21/h4-9,12,15,17,22,24-26H,10-11,13H2,1-3H3/t15-,17-,22-/m1/s1. The van der Waals surface area contributed by atoms with E-state index in [1.54, 1.807) is 14.1 Å². The van der Waals surface area contributed by atoms with Crippen LogP contribution in [0.15, 0.2) is 42.5 Å². The molecule has 31 heavy (non-hydrogen) atoms. The number of piperidine rings is 1. The van der Waals surface area contributed by atoms with Gasteiger partial charge in [0.1, 0.15) is 0 Å². The predicted molar refractivity (Wildman–Crippen MR) is 120 cm³/mol. The van der Waals surface area contributed by atoms with Crippen LogP contribution in [0.25, 0.3) is 0 Å². The second-order valence-electron chi connectivity index (χ2n) is 8.00. The van der Waals surface area contributed by atoms with Crippen molar-refractivity contribution < 1.29 is 8.42 Å². The van der Waals surface area contributed by atoms with E-state index in [2.05, 4.69) is 45.6 Å². The Hall–Kier alpha value is -2.48. The molecule has 9 heteroatoms. The molecule has 2 heterocycles. The van der Waals surface area contributed by atoms with Crippen LogP contribution in [-0.2, 0) is 10.2 Å². The molecule has 0 spiro atoms. The maximum absolute atomic E-state index is 12.7. The van der Waals surface area contributed by atoms with Crippen LogP contribution in [-0.4, -0.2) is 39.6 Å². The van der Waals surface area contributed by atoms with Gasteiger partial charge in [-0.15, -0.1) is 0 Å². The highest BCUT2D eigenvalue weighted by Crippen LogP contribution is 2.46. The Morgan fingerprint density at radius 3 is 2.48 bits per heavy atom. The summed E-state index contributed by atoms with van der Waals surface area (Å²) in [6.45, 7) is 2.89. The van der Waals surface area contributed by atoms with Crippen molar-refractivity contribution in [2.45, 2.75) is 37.8 Å². The summed E-state index contributed by atoms with van der Waals surface area (Å²) in [5, 5.41) is 9.41. The van der Waals surface area contributed by atoms with Crippen molar-refractivity contribution in [3.8, 4) is 6.07 Å². The molecule has 0 amide bonds. The average Bonchev–Trinajstić information content (AvgIpc) is 2.87. The van der Waals surface area contributed by atoms with Gasteiger partial charge < -0.3 is 4.90 Å². The molecule has 1 fully saturated rings. The quantitative estimate of drug-likeness (QED) is 0.616. The van der Waals surface area contributed by atoms with Crippen LogP contribution < -0.4 is 20.5 Å². The van der Waals surface area contributed by atoms with Crippen molar-refractivity contribution in [2.24, 2.45) is 0 Å². The average molecular weight is 441 g/mol. The predicted octanol–water partition coefficient (Wildman–Crippen LogP) is 2.14. The van der Waals surface area contributed by atoms with Gasteiger partial charge in [0.2, 0.25) is 0 Å². The number of hydrazine groups is 2. The fourth-order valence-corrected chi connectivity index (χ4v) is 6.10. The number of hydrogen-bond donors (Lipinski definition) is 3. The van der Waals surface area contributed by atoms with Crippen LogP contribution in [0.5, 0.6) is 0 Å². The Morgan fingerprint density at radius 1 is 1.10 bits per heavy atom. The fourth-order valence-electron chi connectivity index (χ4n) is 4.88. The van der Waals surface area contributed by atoms with Crippen LogP contribution in [0.2, 0.25) is 0 Å². The molecule has 0 saturated carbocycles. The highest BCUT2D eigenvalue weighted by atomic mass is 32.2. The molecule has 164 valence electrons. The maximum Gasteiger partial charge on any atom is 0.306 e. The van der Waals surface area contributed by atoms with Gasteiger partial charge in [0.05, 0.1) is 17.7 Å². The molecule has 0 aromatic heterocycles. The highest BCUT2D eigenvalue weighted by Gasteiger charge is 2.38. The van der Waals surface area contributed by atoms with Crippen LogP contribution in [0, 0.1) is 11.3 Å². The van der Waals surface area contributed by atoms with Crippen molar-refractivity contribution in [1.82, 2.24) is 20.1 Å². The minimum atomic E-state index is -3.72. The van der Waals surface area contributed by atoms with Gasteiger partial charge >= 0.3 is 10.2 Å². The molecular formula is C22H28N6O2S. The van der Waals surface area contributed by atoms with E-state index in [9.17, 15) is 13.7 Å². The van der Waals surface area contributed by atoms with Gasteiger partial charge in [-0.3, -0.25) is 0 Å². The monoisotopic (exact) mass is 440 g/mol. The van der Waals surface area contributed by atoms with Crippen LogP contribution in [0.3, 0.4) is 0 Å². The lowest BCUT2D eigenvalue weighted by molar-refractivity contribution is 0.268. The van der Waals surface area contributed by atoms with Gasteiger partial charge in [-0.1, -0.05) is 35.7 Å². The normalized spacial score (nSPS) is 22.8. The minimum Gasteiger partial charge on any atom is -0.364 e. The van der Waals surface area contributed by atoms with Crippen molar-refractivity contribution >= 4 is 15.9 Å². The highest BCUT2D eigenvalue weighted by molar-refractivity contribution is 7.87. The van der Waals surface area contributed by atoms with E-state index in [1.165, 1.54) is 11.1 Å². The minimum absolute atomic E-state index is 0.0481. The molecule has 2 aromatic rings. The number of anilines is 1. The van der Waals surface area contributed by atoms with E-state index in [1.807, 2.05) is 30.3 Å². The number of rotatable bonds is 5. The Balaban J connectivity index is 1.72. The SMILES string of the molecule is CNN(NC)S(=O)(=O)N[C@@H]1CCN2c3ccc(C#N)cc3[C@H](C)c3ccccc3[C@H]2C1. The number of nitrogens with zero attached hydrogens (tertiary/aromatic N) is 3. The van der Waals surface area contributed by atoms with Gasteiger partial charge in [-0.2, -0.15) is 18.4 Å². The summed E-state index contributed by atoms with van der Waals surface area (Å²) in [5.74, 6) is 0.143. The van der Waals surface area contributed by atoms with Crippen LogP contribution in [0.1, 0.15) is 54.0 Å². The molecule has 3 N–H and O–H groups in total. The first kappa shape index (κ1) is 21.7. The van der Waals surface area contributed by atoms with Crippen molar-refractivity contribution in [3.05, 3.63) is 64.7 Å². The molecule has 2 aliphatic rings. The summed E-state index contributed by atoms with van der Waals surface area (Å²) >= 11 is 0. The summed E-state index contributed by atoms with van der Waals surface area (Å²) < 4.78 is 29.2. The van der Waals surface area contributed by atoms with Crippen molar-refractivity contribution in [2.75, 3.05) is 25.5 Å². The summed E-state index contributed by atoms with van der Waals surface area (Å²) in [5.41, 5.74) is 10.6. The van der Waals surface area contributed by atoms with E-state index in [4.69, 9.17) is 0 Å². The van der Waals surface area contributed by atoms with E-state index in [0.717, 1.165) is 22.3 Å². The van der Waals surface area contributed by atoms with Gasteiger partial charge in [0.15, 0.2) is 0 Å². The van der Waals surface area contributed by atoms with Gasteiger partial charge in [0.25, 0.3) is 0 Å². The largest absolute Gasteiger partial charge is 0.364 e. The molecule has 0 radical (unpaired) electrons. The molecule has 8 nitrogen and oxygen atoms in total. The first-order chi connectivity index (χ1) is 14.9. The van der Waals surface area contributed by atoms with E-state index < -0.39 is 10.2 Å². The molecular weight excluding hydrogens is 412 g/mol. The first-order valence-corrected chi connectivity index (χ1v) is 11.9. The van der Waals surface area contributed by atoms with Crippen LogP contribution >= 0.6 is 0 Å². The third-order valence-corrected chi connectivity index (χ3v) is 7.80. The zero-order valence-corrected chi connectivity index (χ0v) is 18.8. The molecule has 0 unspecified atom stereocenters. The lowest BCUT2D eigenvalue weighted by Crippen LogP contribution is -2.56. The Labute approximate surface area is 184 Å². The Morgan fingerprint density at radius 2 is 1.81 bits per heavy atom. The summed E-state index contributed by atoms with van der Waals surface area (Å²) in [4.78, 5) is 2.37. The van der Waals surface area contributed by atoms with Gasteiger partial charge in [-0.05, 0) is 47.7 Å². The second-order valence-corrected chi connectivity index (χ2v) is 9.55. The van der Waals surface area contributed by atoms with Gasteiger partial charge in [-0.25, -0.2) is 10.9 Å². The van der Waals surface area contributed by atoms with E-state index in [0.29, 0.717) is 18.4 Å². The summed E-state index contributed by atoms with van der Waals surface area (Å²) in [6.07, 6.45) is 1.34. The summed E-state index contributed by atoms with van der Waals surface area (Å²) in [6, 6.07) is 16.4. The molecule has 0 aliphatic carbocycles. The smallest absolute Gasteiger partial charge is 0.306 e. The third-order valence-electron chi connectivity index (χ3n) is 6.32. The summed E-state index contributed by atoms with van der Waals surface area (Å²) in [7, 11) is -0.622. The lowest BCUT2D eigenvalue weighted by atomic mass is 9.86. The molecule has 0 bridgehead atoms. The van der Waals surface area contributed by atoms with E-state index >= 15 is 0 Å². The number of hydrogen-bond acceptors (Lipinski definition) is 6. The molecule has 2 aromatic carbocycles. The Bertz CT molecular complexity index is 1110. The van der Waals surface area contributed by atoms with E-state index in [-0.39, 0.29) is 18.0 Å². The zero-order chi connectivity index (χ0) is 22.2. The van der Waals surface area contributed by atoms with Gasteiger partial charge in [0, 0.05) is 38.3 Å². The molecule has 2 aliphatic heterocycles. The molecule has 1 saturated heterocycles. The second kappa shape index (κ2) is 8.57. The number of nitriles is 1. The molecule has 3 atom stereocenters. The molecule has 4 rings (SSSR count). The number of fused-ring (bicyclic) bond motifs is 5. The first-order valence-electron chi connectivity index (χ1n) is 10.5. The lowest BCUT2D eigenvalue weighted by Gasteiger charge is -2.41. The van der Waals surface area contributed by atoms with Crippen molar-refractivity contribution in [1.29, 1.82) is 5.26 Å². The van der Waals surface area contributed by atoms with Crippen molar-refractivity contribution in [3.63, 3.8) is 0 Å². The fraction of sp³-hybridized carbons (Fsp3) is 0.409.